The van der Waals surface area contributed by atoms with Crippen LogP contribution < -0.4 is 5.32 Å². The number of amides is 1. The van der Waals surface area contributed by atoms with E-state index in [-0.39, 0.29) is 22.7 Å². The maximum absolute atomic E-state index is 13.6. The van der Waals surface area contributed by atoms with Crippen LogP contribution in [0.2, 0.25) is 0 Å². The molecule has 0 radical (unpaired) electrons. The van der Waals surface area contributed by atoms with Gasteiger partial charge in [-0.05, 0) is 49.9 Å². The van der Waals surface area contributed by atoms with Gasteiger partial charge < -0.3 is 5.32 Å². The van der Waals surface area contributed by atoms with Gasteiger partial charge in [-0.2, -0.15) is 0 Å². The minimum atomic E-state index is -0.374. The first kappa shape index (κ1) is 14.7. The maximum atomic E-state index is 13.6. The molecule has 0 saturated carbocycles. The van der Waals surface area contributed by atoms with Crippen LogP contribution in [-0.4, -0.2) is 11.4 Å². The lowest BCUT2D eigenvalue weighted by Crippen LogP contribution is -2.40. The lowest BCUT2D eigenvalue weighted by Gasteiger charge is -2.23. The summed E-state index contributed by atoms with van der Waals surface area (Å²) in [6.07, 6.45) is 0. The van der Waals surface area contributed by atoms with Crippen molar-refractivity contribution >= 4 is 5.91 Å². The molecule has 1 aromatic rings. The highest BCUT2D eigenvalue weighted by molar-refractivity contribution is 5.94. The maximum Gasteiger partial charge on any atom is 0.251 e. The van der Waals surface area contributed by atoms with Crippen LogP contribution in [0.5, 0.6) is 0 Å². The molecule has 0 aromatic heterocycles. The van der Waals surface area contributed by atoms with Crippen LogP contribution in [0.4, 0.5) is 4.39 Å². The smallest absolute Gasteiger partial charge is 0.251 e. The monoisotopic (exact) mass is 251 g/mol. The predicted molar refractivity (Wildman–Crippen MR) is 72.3 cm³/mol. The van der Waals surface area contributed by atoms with Crippen molar-refractivity contribution < 1.29 is 9.18 Å². The Morgan fingerprint density at radius 3 is 2.06 bits per heavy atom. The third-order valence-corrected chi connectivity index (χ3v) is 2.51. The summed E-state index contributed by atoms with van der Waals surface area (Å²) >= 11 is 0. The number of rotatable bonds is 1. The summed E-state index contributed by atoms with van der Waals surface area (Å²) in [6, 6.07) is 4.51. The summed E-state index contributed by atoms with van der Waals surface area (Å²) in [6.45, 7) is 11.7. The molecule has 18 heavy (non-hydrogen) atoms. The van der Waals surface area contributed by atoms with E-state index in [1.807, 2.05) is 41.5 Å². The van der Waals surface area contributed by atoms with Crippen molar-refractivity contribution in [1.29, 1.82) is 0 Å². The summed E-state index contributed by atoms with van der Waals surface area (Å²) < 4.78 is 13.6. The highest BCUT2D eigenvalue weighted by atomic mass is 19.1. The van der Waals surface area contributed by atoms with Crippen molar-refractivity contribution in [1.82, 2.24) is 5.32 Å². The molecule has 0 spiro atoms. The SMILES string of the molecule is CC(C)(C)NC(=O)c1cc(F)cc(C(C)(C)C)c1. The van der Waals surface area contributed by atoms with Crippen LogP contribution in [0.1, 0.15) is 57.5 Å². The van der Waals surface area contributed by atoms with Gasteiger partial charge in [0, 0.05) is 11.1 Å². The Morgan fingerprint density at radius 1 is 1.06 bits per heavy atom. The lowest BCUT2D eigenvalue weighted by molar-refractivity contribution is 0.0919. The number of nitrogens with one attached hydrogen (secondary N) is 1. The summed E-state index contributed by atoms with van der Waals surface area (Å²) in [5.41, 5.74) is 0.681. The first-order valence-electron chi connectivity index (χ1n) is 6.13. The molecule has 0 bridgehead atoms. The molecule has 100 valence electrons. The second-order valence-corrected chi connectivity index (χ2v) is 6.68. The van der Waals surface area contributed by atoms with Gasteiger partial charge in [0.25, 0.3) is 5.91 Å². The van der Waals surface area contributed by atoms with Gasteiger partial charge in [-0.15, -0.1) is 0 Å². The Kier molecular flexibility index (Phi) is 3.84. The third kappa shape index (κ3) is 4.13. The molecule has 1 aromatic carbocycles. The molecule has 1 rings (SSSR count). The topological polar surface area (TPSA) is 29.1 Å². The standard InChI is InChI=1S/C15H22FNO/c1-14(2,3)11-7-10(8-12(16)9-11)13(18)17-15(4,5)6/h7-9H,1-6H3,(H,17,18). The van der Waals surface area contributed by atoms with Gasteiger partial charge in [-0.25, -0.2) is 4.39 Å². The fourth-order valence-electron chi connectivity index (χ4n) is 1.57. The third-order valence-electron chi connectivity index (χ3n) is 2.51. The van der Waals surface area contributed by atoms with E-state index in [0.717, 1.165) is 5.56 Å². The number of halogens is 1. The van der Waals surface area contributed by atoms with Gasteiger partial charge in [-0.3, -0.25) is 4.79 Å². The molecule has 1 amide bonds. The van der Waals surface area contributed by atoms with Crippen LogP contribution in [0.3, 0.4) is 0 Å². The fraction of sp³-hybridized carbons (Fsp3) is 0.533. The average Bonchev–Trinajstić information content (AvgIpc) is 2.12. The van der Waals surface area contributed by atoms with E-state index in [0.29, 0.717) is 5.56 Å². The van der Waals surface area contributed by atoms with Crippen LogP contribution in [0.15, 0.2) is 18.2 Å². The zero-order valence-corrected chi connectivity index (χ0v) is 12.0. The molecule has 0 saturated heterocycles. The first-order valence-corrected chi connectivity index (χ1v) is 6.13. The molecular formula is C15H22FNO. The van der Waals surface area contributed by atoms with Gasteiger partial charge >= 0.3 is 0 Å². The molecule has 0 aliphatic carbocycles. The van der Waals surface area contributed by atoms with Crippen molar-refractivity contribution in [2.75, 3.05) is 0 Å². The Labute approximate surface area is 109 Å². The molecule has 0 heterocycles. The number of hydrogen-bond acceptors (Lipinski definition) is 1. The highest BCUT2D eigenvalue weighted by Crippen LogP contribution is 2.24. The van der Waals surface area contributed by atoms with E-state index in [4.69, 9.17) is 0 Å². The molecule has 2 nitrogen and oxygen atoms in total. The zero-order valence-electron chi connectivity index (χ0n) is 12.0. The Balaban J connectivity index is 3.11. The second-order valence-electron chi connectivity index (χ2n) is 6.68. The minimum Gasteiger partial charge on any atom is -0.347 e. The summed E-state index contributed by atoms with van der Waals surface area (Å²) in [4.78, 5) is 12.0. The van der Waals surface area contributed by atoms with E-state index in [1.54, 1.807) is 6.07 Å². The number of hydrogen-bond donors (Lipinski definition) is 1. The lowest BCUT2D eigenvalue weighted by atomic mass is 9.86. The Morgan fingerprint density at radius 2 is 1.61 bits per heavy atom. The molecule has 3 heteroatoms. The zero-order chi connectivity index (χ0) is 14.1. The molecule has 0 atom stereocenters. The van der Waals surface area contributed by atoms with E-state index in [9.17, 15) is 9.18 Å². The van der Waals surface area contributed by atoms with E-state index in [2.05, 4.69) is 5.32 Å². The summed E-state index contributed by atoms with van der Waals surface area (Å²) in [5.74, 6) is -0.617. The molecule has 0 unspecified atom stereocenters. The van der Waals surface area contributed by atoms with Gasteiger partial charge in [0.15, 0.2) is 0 Å². The number of carbonyl (C=O) groups excluding carboxylic acids is 1. The number of carbonyl (C=O) groups is 1. The van der Waals surface area contributed by atoms with Crippen LogP contribution in [0.25, 0.3) is 0 Å². The van der Waals surface area contributed by atoms with Crippen molar-refractivity contribution in [2.45, 2.75) is 52.5 Å². The van der Waals surface area contributed by atoms with Crippen molar-refractivity contribution in [2.24, 2.45) is 0 Å². The summed E-state index contributed by atoms with van der Waals surface area (Å²) in [7, 11) is 0. The second kappa shape index (κ2) is 4.71. The molecular weight excluding hydrogens is 229 g/mol. The first-order chi connectivity index (χ1) is 7.99. The Hall–Kier alpha value is -1.38. The van der Waals surface area contributed by atoms with Crippen molar-refractivity contribution in [3.8, 4) is 0 Å². The van der Waals surface area contributed by atoms with Crippen LogP contribution >= 0.6 is 0 Å². The normalized spacial score (nSPS) is 12.4. The molecule has 1 N–H and O–H groups in total. The molecule has 0 aliphatic heterocycles. The van der Waals surface area contributed by atoms with E-state index < -0.39 is 0 Å². The molecule has 0 aliphatic rings. The largest absolute Gasteiger partial charge is 0.347 e. The van der Waals surface area contributed by atoms with Crippen molar-refractivity contribution in [3.05, 3.63) is 35.1 Å². The van der Waals surface area contributed by atoms with Gasteiger partial charge in [-0.1, -0.05) is 20.8 Å². The number of benzene rings is 1. The quantitative estimate of drug-likeness (QED) is 0.811. The summed E-state index contributed by atoms with van der Waals surface area (Å²) in [5, 5.41) is 2.84. The minimum absolute atomic E-state index is 0.182. The fourth-order valence-corrected chi connectivity index (χ4v) is 1.57. The van der Waals surface area contributed by atoms with Crippen molar-refractivity contribution in [3.63, 3.8) is 0 Å². The Bertz CT molecular complexity index is 453. The van der Waals surface area contributed by atoms with Gasteiger partial charge in [0.2, 0.25) is 0 Å². The van der Waals surface area contributed by atoms with Crippen LogP contribution in [-0.2, 0) is 5.41 Å². The predicted octanol–water partition coefficient (Wildman–Crippen LogP) is 3.65. The average molecular weight is 251 g/mol. The van der Waals surface area contributed by atoms with Gasteiger partial charge in [0.1, 0.15) is 5.82 Å². The van der Waals surface area contributed by atoms with Crippen LogP contribution in [0, 0.1) is 5.82 Å². The molecule has 0 fully saturated rings. The van der Waals surface area contributed by atoms with E-state index >= 15 is 0 Å². The van der Waals surface area contributed by atoms with E-state index in [1.165, 1.54) is 12.1 Å². The van der Waals surface area contributed by atoms with Gasteiger partial charge in [0.05, 0.1) is 0 Å². The highest BCUT2D eigenvalue weighted by Gasteiger charge is 2.20.